The Hall–Kier alpha value is -1.71. The van der Waals surface area contributed by atoms with Crippen LogP contribution in [0.3, 0.4) is 0 Å². The van der Waals surface area contributed by atoms with E-state index >= 15 is 0 Å². The zero-order valence-electron chi connectivity index (χ0n) is 12.1. The number of fused-ring (bicyclic) bond motifs is 2. The minimum absolute atomic E-state index is 0.0238. The lowest BCUT2D eigenvalue weighted by molar-refractivity contribution is -0.115. The lowest BCUT2D eigenvalue weighted by atomic mass is 9.92. The van der Waals surface area contributed by atoms with Crippen LogP contribution in [0.15, 0.2) is 33.9 Å². The van der Waals surface area contributed by atoms with Gasteiger partial charge in [0.1, 0.15) is 5.76 Å². The summed E-state index contributed by atoms with van der Waals surface area (Å²) in [6.07, 6.45) is 3.48. The summed E-state index contributed by atoms with van der Waals surface area (Å²) in [4.78, 5) is 15.0. The summed E-state index contributed by atoms with van der Waals surface area (Å²) >= 11 is 0. The Balaban J connectivity index is 1.97. The third-order valence-electron chi connectivity index (χ3n) is 5.58. The van der Waals surface area contributed by atoms with E-state index in [4.69, 9.17) is 4.74 Å². The predicted molar refractivity (Wildman–Crippen MR) is 73.8 cm³/mol. The number of aliphatic hydroxyl groups is 1. The van der Waals surface area contributed by atoms with Crippen LogP contribution in [0, 0.1) is 5.92 Å². The van der Waals surface area contributed by atoms with Crippen LogP contribution in [0.25, 0.3) is 0 Å². The number of hydrogen-bond acceptors (Lipinski definition) is 4. The molecule has 2 unspecified atom stereocenters. The maximum Gasteiger partial charge on any atom is 0.230 e. The smallest absolute Gasteiger partial charge is 0.230 e. The number of hydrogen-bond donors (Lipinski definition) is 1. The molecule has 1 saturated heterocycles. The molecule has 106 valence electrons. The topological polar surface area (TPSA) is 49.8 Å². The maximum atomic E-state index is 12.7. The van der Waals surface area contributed by atoms with Gasteiger partial charge in [-0.05, 0) is 44.6 Å². The van der Waals surface area contributed by atoms with Gasteiger partial charge in [0.15, 0.2) is 5.76 Å². The average Bonchev–Trinajstić information content (AvgIpc) is 3.12. The molecular weight excluding hydrogens is 254 g/mol. The molecule has 0 amide bonds. The monoisotopic (exact) mass is 273 g/mol. The molecular formula is C16H19NO3. The quantitative estimate of drug-likeness (QED) is 0.797. The van der Waals surface area contributed by atoms with Crippen molar-refractivity contribution >= 4 is 5.78 Å². The van der Waals surface area contributed by atoms with Crippen LogP contribution in [0.5, 0.6) is 0 Å². The number of nitrogens with zero attached hydrogens (tertiary/aromatic N) is 1. The molecule has 4 aliphatic rings. The fraction of sp³-hybridized carbons (Fsp3) is 0.562. The first kappa shape index (κ1) is 12.1. The summed E-state index contributed by atoms with van der Waals surface area (Å²) < 4.78 is 5.23. The number of ketones is 1. The minimum Gasteiger partial charge on any atom is -0.505 e. The van der Waals surface area contributed by atoms with Gasteiger partial charge >= 0.3 is 0 Å². The molecule has 4 heteroatoms. The molecule has 0 aromatic carbocycles. The highest BCUT2D eigenvalue weighted by Gasteiger charge is 2.66. The molecule has 4 rings (SSSR count). The second-order valence-corrected chi connectivity index (χ2v) is 6.30. The van der Waals surface area contributed by atoms with Crippen molar-refractivity contribution in [3.05, 3.63) is 33.9 Å². The van der Waals surface area contributed by atoms with Gasteiger partial charge in [0.25, 0.3) is 0 Å². The van der Waals surface area contributed by atoms with Crippen LogP contribution in [-0.2, 0) is 9.53 Å². The van der Waals surface area contributed by atoms with E-state index in [-0.39, 0.29) is 22.8 Å². The van der Waals surface area contributed by atoms with Gasteiger partial charge in [-0.2, -0.15) is 0 Å². The molecule has 0 bridgehead atoms. The molecule has 2 fully saturated rings. The number of aliphatic hydroxyl groups excluding tert-OH is 1. The number of rotatable bonds is 1. The summed E-state index contributed by atoms with van der Waals surface area (Å²) in [6.45, 7) is 4.74. The highest BCUT2D eigenvalue weighted by atomic mass is 16.5. The van der Waals surface area contributed by atoms with E-state index in [2.05, 4.69) is 11.8 Å². The lowest BCUT2D eigenvalue weighted by Crippen LogP contribution is -2.39. The van der Waals surface area contributed by atoms with Crippen LogP contribution < -0.4 is 0 Å². The van der Waals surface area contributed by atoms with E-state index in [0.29, 0.717) is 17.1 Å². The number of Topliss-reactive ketones (excluding diaryl/α,β-unsaturated/α-hetero) is 1. The van der Waals surface area contributed by atoms with E-state index in [1.165, 1.54) is 13.5 Å². The molecule has 2 atom stereocenters. The molecule has 2 heterocycles. The number of ether oxygens (including phenoxy) is 1. The van der Waals surface area contributed by atoms with Crippen molar-refractivity contribution in [2.45, 2.75) is 38.6 Å². The summed E-state index contributed by atoms with van der Waals surface area (Å²) in [5, 5.41) is 10.6. The molecule has 20 heavy (non-hydrogen) atoms. The Labute approximate surface area is 118 Å². The first-order valence-corrected chi connectivity index (χ1v) is 7.26. The van der Waals surface area contributed by atoms with Gasteiger partial charge in [0.2, 0.25) is 5.78 Å². The molecule has 0 aromatic rings. The zero-order chi connectivity index (χ0) is 14.2. The van der Waals surface area contributed by atoms with Crippen LogP contribution in [0.2, 0.25) is 0 Å². The third-order valence-corrected chi connectivity index (χ3v) is 5.58. The molecule has 4 nitrogen and oxygen atoms in total. The number of carbonyl (C=O) groups excluding carboxylic acids is 1. The van der Waals surface area contributed by atoms with Crippen molar-refractivity contribution in [3.8, 4) is 0 Å². The summed E-state index contributed by atoms with van der Waals surface area (Å²) in [5.41, 5.74) is 3.16. The molecule has 1 spiro atoms. The largest absolute Gasteiger partial charge is 0.505 e. The second-order valence-electron chi connectivity index (χ2n) is 6.30. The number of piperidine rings is 1. The van der Waals surface area contributed by atoms with Gasteiger partial charge in [0.05, 0.1) is 23.9 Å². The van der Waals surface area contributed by atoms with Crippen molar-refractivity contribution in [2.24, 2.45) is 5.92 Å². The zero-order valence-corrected chi connectivity index (χ0v) is 12.1. The Morgan fingerprint density at radius 2 is 2.15 bits per heavy atom. The Morgan fingerprint density at radius 1 is 1.40 bits per heavy atom. The SMILES string of the molecule is COC1=C(C)C(O)=C2C(=C(C)C34CC3CCCN24)C1=O. The van der Waals surface area contributed by atoms with Crippen molar-refractivity contribution < 1.29 is 14.6 Å². The number of carbonyl (C=O) groups is 1. The first-order valence-electron chi connectivity index (χ1n) is 7.26. The van der Waals surface area contributed by atoms with E-state index in [1.54, 1.807) is 6.92 Å². The van der Waals surface area contributed by atoms with Crippen molar-refractivity contribution in [3.63, 3.8) is 0 Å². The molecule has 1 saturated carbocycles. The maximum absolute atomic E-state index is 12.7. The lowest BCUT2D eigenvalue weighted by Gasteiger charge is -2.35. The highest BCUT2D eigenvalue weighted by molar-refractivity contribution is 6.13. The minimum atomic E-state index is -0.0651. The van der Waals surface area contributed by atoms with E-state index < -0.39 is 0 Å². The average molecular weight is 273 g/mol. The number of methoxy groups -OCH3 is 1. The highest BCUT2D eigenvalue weighted by Crippen LogP contribution is 2.65. The van der Waals surface area contributed by atoms with Gasteiger partial charge < -0.3 is 14.7 Å². The van der Waals surface area contributed by atoms with Crippen molar-refractivity contribution in [1.29, 1.82) is 0 Å². The van der Waals surface area contributed by atoms with Gasteiger partial charge in [-0.25, -0.2) is 0 Å². The van der Waals surface area contributed by atoms with Crippen LogP contribution in [0.1, 0.15) is 33.1 Å². The Morgan fingerprint density at radius 3 is 2.85 bits per heavy atom. The fourth-order valence-corrected chi connectivity index (χ4v) is 4.52. The summed E-state index contributed by atoms with van der Waals surface area (Å²) in [5.74, 6) is 1.09. The first-order chi connectivity index (χ1) is 9.54. The van der Waals surface area contributed by atoms with E-state index in [0.717, 1.165) is 30.7 Å². The van der Waals surface area contributed by atoms with Crippen molar-refractivity contribution in [1.82, 2.24) is 4.90 Å². The Bertz CT molecular complexity index is 640. The predicted octanol–water partition coefficient (Wildman–Crippen LogP) is 2.44. The normalized spacial score (nSPS) is 35.2. The van der Waals surface area contributed by atoms with E-state index in [1.807, 2.05) is 0 Å². The summed E-state index contributed by atoms with van der Waals surface area (Å²) in [7, 11) is 1.49. The van der Waals surface area contributed by atoms with Gasteiger partial charge in [-0.1, -0.05) is 0 Å². The second kappa shape index (κ2) is 3.48. The van der Waals surface area contributed by atoms with Gasteiger partial charge in [-0.3, -0.25) is 4.79 Å². The van der Waals surface area contributed by atoms with Gasteiger partial charge in [-0.15, -0.1) is 0 Å². The molecule has 2 aliphatic carbocycles. The molecule has 0 aromatic heterocycles. The van der Waals surface area contributed by atoms with Gasteiger partial charge in [0, 0.05) is 12.1 Å². The fourth-order valence-electron chi connectivity index (χ4n) is 4.52. The van der Waals surface area contributed by atoms with Crippen molar-refractivity contribution in [2.75, 3.05) is 13.7 Å². The Kier molecular flexibility index (Phi) is 2.10. The van der Waals surface area contributed by atoms with Crippen LogP contribution in [-0.4, -0.2) is 35.0 Å². The third kappa shape index (κ3) is 1.08. The molecule has 0 radical (unpaired) electrons. The molecule has 2 aliphatic heterocycles. The number of allylic oxidation sites excluding steroid dienone is 3. The standard InChI is InChI=1S/C16H19NO3/c1-8-13(18)12-11(14(19)15(8)20-3)9(2)16-7-10(16)5-4-6-17(12)16/h10,18H,4-7H2,1-3H3. The summed E-state index contributed by atoms with van der Waals surface area (Å²) in [6, 6.07) is 0. The van der Waals surface area contributed by atoms with Crippen LogP contribution >= 0.6 is 0 Å². The van der Waals surface area contributed by atoms with Crippen LogP contribution in [0.4, 0.5) is 0 Å². The van der Waals surface area contributed by atoms with E-state index in [9.17, 15) is 9.90 Å². The molecule has 1 N–H and O–H groups in total.